The zero-order chi connectivity index (χ0) is 21.4. The Morgan fingerprint density at radius 2 is 2.10 bits per heavy atom. The van der Waals surface area contributed by atoms with Crippen LogP contribution >= 0.6 is 11.6 Å². The fourth-order valence-electron chi connectivity index (χ4n) is 3.34. The third-order valence-corrected chi connectivity index (χ3v) is 5.01. The molecular weight excluding hydrogens is 404 g/mol. The van der Waals surface area contributed by atoms with Gasteiger partial charge in [-0.2, -0.15) is 5.10 Å². The van der Waals surface area contributed by atoms with Crippen LogP contribution in [0.2, 0.25) is 0 Å². The molecular formula is C21H19ClN6O2. The van der Waals surface area contributed by atoms with E-state index in [4.69, 9.17) is 11.6 Å². The molecule has 3 aromatic rings. The van der Waals surface area contributed by atoms with Gasteiger partial charge in [0.15, 0.2) is 11.3 Å². The Balaban J connectivity index is 1.79. The van der Waals surface area contributed by atoms with Crippen molar-refractivity contribution >= 4 is 34.7 Å². The molecule has 3 aromatic heterocycles. The minimum atomic E-state index is -0.544. The fraction of sp³-hybridized carbons (Fsp3) is 0.286. The van der Waals surface area contributed by atoms with Crippen LogP contribution in [0, 0.1) is 17.8 Å². The molecule has 0 aromatic carbocycles. The van der Waals surface area contributed by atoms with Crippen molar-refractivity contribution < 1.29 is 0 Å². The van der Waals surface area contributed by atoms with E-state index in [2.05, 4.69) is 26.9 Å². The highest BCUT2D eigenvalue weighted by atomic mass is 35.5. The zero-order valence-corrected chi connectivity index (χ0v) is 17.5. The van der Waals surface area contributed by atoms with Gasteiger partial charge in [-0.3, -0.25) is 19.0 Å². The van der Waals surface area contributed by atoms with Crippen LogP contribution in [0.25, 0.3) is 16.9 Å². The summed E-state index contributed by atoms with van der Waals surface area (Å²) in [5.74, 6) is 6.00. The van der Waals surface area contributed by atoms with E-state index in [1.807, 2.05) is 26.0 Å². The van der Waals surface area contributed by atoms with E-state index < -0.39 is 11.2 Å². The number of aliphatic imine (C=N–C) groups is 1. The third kappa shape index (κ3) is 3.48. The molecule has 0 spiro atoms. The van der Waals surface area contributed by atoms with Gasteiger partial charge in [0.2, 0.25) is 0 Å². The number of rotatable bonds is 2. The van der Waals surface area contributed by atoms with Gasteiger partial charge in [-0.05, 0) is 26.0 Å². The molecule has 0 bridgehead atoms. The van der Waals surface area contributed by atoms with Crippen molar-refractivity contribution in [3.05, 3.63) is 62.2 Å². The second-order valence-electron chi connectivity index (χ2n) is 7.25. The molecule has 0 fully saturated rings. The fourth-order valence-corrected chi connectivity index (χ4v) is 3.64. The summed E-state index contributed by atoms with van der Waals surface area (Å²) in [7, 11) is 1.70. The largest absolute Gasteiger partial charge is 0.337 e. The molecule has 152 valence electrons. The van der Waals surface area contributed by atoms with Crippen molar-refractivity contribution in [2.75, 3.05) is 0 Å². The van der Waals surface area contributed by atoms with Gasteiger partial charge in [0.05, 0.1) is 16.5 Å². The van der Waals surface area contributed by atoms with Crippen molar-refractivity contribution in [2.45, 2.75) is 26.3 Å². The van der Waals surface area contributed by atoms with Gasteiger partial charge in [0, 0.05) is 49.9 Å². The van der Waals surface area contributed by atoms with Crippen LogP contribution in [0.3, 0.4) is 0 Å². The van der Waals surface area contributed by atoms with Gasteiger partial charge in [0.25, 0.3) is 5.56 Å². The lowest BCUT2D eigenvalue weighted by molar-refractivity contribution is 0.570. The van der Waals surface area contributed by atoms with Gasteiger partial charge in [-0.1, -0.05) is 23.4 Å². The maximum atomic E-state index is 13.2. The number of allylic oxidation sites excluding steroid dienone is 1. The molecule has 0 N–H and O–H groups in total. The summed E-state index contributed by atoms with van der Waals surface area (Å²) in [6.45, 7) is 3.74. The monoisotopic (exact) mass is 422 g/mol. The average molecular weight is 423 g/mol. The molecule has 0 aliphatic carbocycles. The van der Waals surface area contributed by atoms with Crippen LogP contribution in [0.1, 0.15) is 31.9 Å². The molecule has 4 heterocycles. The van der Waals surface area contributed by atoms with Crippen molar-refractivity contribution in [1.82, 2.24) is 23.9 Å². The number of halogens is 1. The second kappa shape index (κ2) is 7.76. The molecule has 30 heavy (non-hydrogen) atoms. The summed E-state index contributed by atoms with van der Waals surface area (Å²) in [6.07, 6.45) is 6.97. The SMILES string of the molecule is CC(C)n1c(=O)n(C2=C(Cl)CC(C#Cc3cccnc3)C=N2)c(=O)c2nn(C)cc21. The first-order valence-corrected chi connectivity index (χ1v) is 9.80. The van der Waals surface area contributed by atoms with E-state index in [0.717, 1.165) is 10.1 Å². The van der Waals surface area contributed by atoms with Crippen LogP contribution < -0.4 is 11.2 Å². The second-order valence-corrected chi connectivity index (χ2v) is 7.71. The van der Waals surface area contributed by atoms with Crippen LogP contribution in [-0.2, 0) is 7.05 Å². The molecule has 1 unspecified atom stereocenters. The van der Waals surface area contributed by atoms with E-state index in [1.165, 1.54) is 9.25 Å². The minimum Gasteiger partial charge on any atom is -0.287 e. The Morgan fingerprint density at radius 3 is 2.77 bits per heavy atom. The highest BCUT2D eigenvalue weighted by molar-refractivity contribution is 6.32. The predicted octanol–water partition coefficient (Wildman–Crippen LogP) is 2.38. The molecule has 0 saturated carbocycles. The Labute approximate surface area is 177 Å². The topological polar surface area (TPSA) is 87.1 Å². The number of fused-ring (bicyclic) bond motifs is 1. The molecule has 1 aliphatic rings. The maximum absolute atomic E-state index is 13.2. The standard InChI is InChI=1S/C21H19ClN6O2/c1-13(2)27-17-12-26(3)25-18(17)20(29)28(21(27)30)19-16(22)9-15(11-24-19)7-6-14-5-4-8-23-10-14/h4-5,8,10-13,15H,9H2,1-3H3. The van der Waals surface area contributed by atoms with Gasteiger partial charge < -0.3 is 0 Å². The summed E-state index contributed by atoms with van der Waals surface area (Å²) < 4.78 is 4.03. The quantitative estimate of drug-likeness (QED) is 0.593. The smallest absolute Gasteiger partial charge is 0.287 e. The Hall–Kier alpha value is -3.44. The summed E-state index contributed by atoms with van der Waals surface area (Å²) in [4.78, 5) is 34.6. The highest BCUT2D eigenvalue weighted by Gasteiger charge is 2.24. The lowest BCUT2D eigenvalue weighted by Gasteiger charge is -2.18. The number of hydrogen-bond donors (Lipinski definition) is 0. The number of nitrogens with zero attached hydrogens (tertiary/aromatic N) is 6. The summed E-state index contributed by atoms with van der Waals surface area (Å²) >= 11 is 6.48. The van der Waals surface area contributed by atoms with E-state index in [9.17, 15) is 9.59 Å². The maximum Gasteiger partial charge on any atom is 0.337 e. The number of aromatic nitrogens is 5. The van der Waals surface area contributed by atoms with Crippen molar-refractivity contribution in [3.63, 3.8) is 0 Å². The van der Waals surface area contributed by atoms with Gasteiger partial charge in [0.1, 0.15) is 0 Å². The van der Waals surface area contributed by atoms with Crippen LogP contribution in [0.4, 0.5) is 0 Å². The first kappa shape index (κ1) is 19.9. The van der Waals surface area contributed by atoms with E-state index in [-0.39, 0.29) is 23.3 Å². The minimum absolute atomic E-state index is 0.119. The van der Waals surface area contributed by atoms with Crippen molar-refractivity contribution in [3.8, 4) is 11.8 Å². The molecule has 0 radical (unpaired) electrons. The zero-order valence-electron chi connectivity index (χ0n) is 16.7. The first-order chi connectivity index (χ1) is 14.4. The summed E-state index contributed by atoms with van der Waals surface area (Å²) in [5.41, 5.74) is 0.416. The molecule has 4 rings (SSSR count). The summed E-state index contributed by atoms with van der Waals surface area (Å²) in [5, 5.41) is 4.53. The lowest BCUT2D eigenvalue weighted by atomic mass is 10.0. The highest BCUT2D eigenvalue weighted by Crippen LogP contribution is 2.26. The Kier molecular flexibility index (Phi) is 5.14. The predicted molar refractivity (Wildman–Crippen MR) is 116 cm³/mol. The normalized spacial score (nSPS) is 16.2. The number of aryl methyl sites for hydroxylation is 1. The lowest BCUT2D eigenvalue weighted by Crippen LogP contribution is -2.40. The molecule has 1 atom stereocenters. The van der Waals surface area contributed by atoms with E-state index >= 15 is 0 Å². The van der Waals surface area contributed by atoms with Gasteiger partial charge >= 0.3 is 5.69 Å². The first-order valence-electron chi connectivity index (χ1n) is 9.42. The average Bonchev–Trinajstić information content (AvgIpc) is 3.09. The molecule has 0 amide bonds. The summed E-state index contributed by atoms with van der Waals surface area (Å²) in [6, 6.07) is 3.49. The van der Waals surface area contributed by atoms with Crippen LogP contribution in [-0.4, -0.2) is 30.1 Å². The molecule has 1 aliphatic heterocycles. The van der Waals surface area contributed by atoms with Gasteiger partial charge in [-0.15, -0.1) is 0 Å². The molecule has 9 heteroatoms. The van der Waals surface area contributed by atoms with Crippen molar-refractivity contribution in [2.24, 2.45) is 18.0 Å². The Bertz CT molecular complexity index is 1370. The van der Waals surface area contributed by atoms with E-state index in [1.54, 1.807) is 31.9 Å². The molecule has 0 saturated heterocycles. The number of pyridine rings is 1. The Morgan fingerprint density at radius 1 is 1.30 bits per heavy atom. The number of hydrogen-bond acceptors (Lipinski definition) is 5. The van der Waals surface area contributed by atoms with Gasteiger partial charge in [-0.25, -0.2) is 14.4 Å². The third-order valence-electron chi connectivity index (χ3n) is 4.68. The van der Waals surface area contributed by atoms with Crippen molar-refractivity contribution in [1.29, 1.82) is 0 Å². The van der Waals surface area contributed by atoms with E-state index in [0.29, 0.717) is 17.0 Å². The molecule has 8 nitrogen and oxygen atoms in total. The van der Waals surface area contributed by atoms with Crippen LogP contribution in [0.15, 0.2) is 50.3 Å². The van der Waals surface area contributed by atoms with Crippen LogP contribution in [0.5, 0.6) is 0 Å².